The molecule has 1 aromatic heterocycles. The molecule has 2 amide bonds. The molecule has 3 heterocycles. The van der Waals surface area contributed by atoms with E-state index in [9.17, 15) is 9.59 Å². The normalized spacial score (nSPS) is 18.4. The number of fused-ring (bicyclic) bond motifs is 1. The lowest BCUT2D eigenvalue weighted by Crippen LogP contribution is -2.46. The van der Waals surface area contributed by atoms with Crippen molar-refractivity contribution in [1.82, 2.24) is 14.7 Å². The molecule has 0 N–H and O–H groups in total. The highest BCUT2D eigenvalue weighted by Crippen LogP contribution is 2.48. The molecule has 40 heavy (non-hydrogen) atoms. The molecule has 212 valence electrons. The van der Waals surface area contributed by atoms with Crippen molar-refractivity contribution >= 4 is 29.4 Å². The maximum Gasteiger partial charge on any atom is 0.242 e. The summed E-state index contributed by atoms with van der Waals surface area (Å²) in [4.78, 5) is 31.2. The molecule has 0 unspecified atom stereocenters. The fraction of sp³-hybridized carbons (Fsp3) is 0.469. The van der Waals surface area contributed by atoms with E-state index in [1.54, 1.807) is 23.8 Å². The summed E-state index contributed by atoms with van der Waals surface area (Å²) in [6.07, 6.45) is 1.99. The highest BCUT2D eigenvalue weighted by atomic mass is 32.2. The second kappa shape index (κ2) is 11.3. The SMILES string of the molecule is COc1ccc(-n2nc(C(C)(C)C)c3c2N(CC(=O)N2CCC(C)CC2)C(=O)CS[C@H]3c2cccc(C)c2)cc1. The molecule has 0 bridgehead atoms. The van der Waals surface area contributed by atoms with Gasteiger partial charge in [0.25, 0.3) is 0 Å². The number of likely N-dealkylation sites (tertiary alicyclic amines) is 1. The van der Waals surface area contributed by atoms with Crippen LogP contribution in [0.1, 0.15) is 68.2 Å². The van der Waals surface area contributed by atoms with Crippen molar-refractivity contribution < 1.29 is 14.3 Å². The first kappa shape index (κ1) is 28.3. The molecule has 2 aliphatic heterocycles. The van der Waals surface area contributed by atoms with Crippen LogP contribution in [0, 0.1) is 12.8 Å². The number of aromatic nitrogens is 2. The second-order valence-corrected chi connectivity index (χ2v) is 13.2. The Morgan fingerprint density at radius 1 is 1.10 bits per heavy atom. The minimum Gasteiger partial charge on any atom is -0.497 e. The van der Waals surface area contributed by atoms with Crippen molar-refractivity contribution in [3.63, 3.8) is 0 Å². The summed E-state index contributed by atoms with van der Waals surface area (Å²) >= 11 is 1.62. The molecule has 0 aliphatic carbocycles. The number of hydrogen-bond donors (Lipinski definition) is 0. The maximum atomic E-state index is 13.9. The number of carbonyl (C=O) groups excluding carboxylic acids is 2. The Balaban J connectivity index is 1.70. The number of carbonyl (C=O) groups is 2. The Kier molecular flexibility index (Phi) is 8.00. The van der Waals surface area contributed by atoms with Gasteiger partial charge in [0.1, 0.15) is 18.1 Å². The van der Waals surface area contributed by atoms with Crippen LogP contribution in [-0.4, -0.2) is 59.0 Å². The summed E-state index contributed by atoms with van der Waals surface area (Å²) in [6.45, 7) is 12.3. The van der Waals surface area contributed by atoms with Gasteiger partial charge in [0.15, 0.2) is 0 Å². The minimum atomic E-state index is -0.295. The number of hydrogen-bond acceptors (Lipinski definition) is 5. The molecule has 8 heteroatoms. The van der Waals surface area contributed by atoms with Crippen molar-refractivity contribution in [2.75, 3.05) is 37.4 Å². The van der Waals surface area contributed by atoms with E-state index in [0.29, 0.717) is 11.7 Å². The van der Waals surface area contributed by atoms with E-state index >= 15 is 0 Å². The summed E-state index contributed by atoms with van der Waals surface area (Å²) in [5.41, 5.74) is 4.76. The summed E-state index contributed by atoms with van der Waals surface area (Å²) in [5.74, 6) is 2.25. The predicted octanol–water partition coefficient (Wildman–Crippen LogP) is 5.91. The van der Waals surface area contributed by atoms with E-state index in [1.807, 2.05) is 33.8 Å². The Bertz CT molecular complexity index is 1380. The molecule has 1 saturated heterocycles. The second-order valence-electron chi connectivity index (χ2n) is 12.1. The molecule has 1 atom stereocenters. The van der Waals surface area contributed by atoms with Gasteiger partial charge in [-0.15, -0.1) is 11.8 Å². The van der Waals surface area contributed by atoms with Gasteiger partial charge in [0.05, 0.1) is 29.5 Å². The third-order valence-corrected chi connectivity index (χ3v) is 9.15. The zero-order valence-electron chi connectivity index (χ0n) is 24.4. The molecule has 3 aromatic rings. The number of amides is 2. The summed E-state index contributed by atoms with van der Waals surface area (Å²) in [6, 6.07) is 16.2. The van der Waals surface area contributed by atoms with Gasteiger partial charge in [-0.3, -0.25) is 14.5 Å². The smallest absolute Gasteiger partial charge is 0.242 e. The molecule has 5 rings (SSSR count). The van der Waals surface area contributed by atoms with E-state index in [-0.39, 0.29) is 34.8 Å². The van der Waals surface area contributed by atoms with Gasteiger partial charge < -0.3 is 9.64 Å². The standard InChI is InChI=1S/C32H40N4O3S/c1-21-14-16-34(17-15-21)26(37)19-35-27(38)20-40-29(23-9-7-8-22(2)18-23)28-30(32(3,4)5)33-36(31(28)35)24-10-12-25(39-6)13-11-24/h7-13,18,21,29H,14-17,19-20H2,1-6H3/t29-/m0/s1. The van der Waals surface area contributed by atoms with Crippen LogP contribution in [0.15, 0.2) is 48.5 Å². The molecule has 2 aliphatic rings. The van der Waals surface area contributed by atoms with Crippen molar-refractivity contribution in [2.24, 2.45) is 5.92 Å². The molecule has 0 saturated carbocycles. The van der Waals surface area contributed by atoms with Crippen LogP contribution in [0.2, 0.25) is 0 Å². The number of benzene rings is 2. The van der Waals surface area contributed by atoms with Gasteiger partial charge >= 0.3 is 0 Å². The Morgan fingerprint density at radius 2 is 1.80 bits per heavy atom. The topological polar surface area (TPSA) is 67.7 Å². The number of ether oxygens (including phenoxy) is 1. The van der Waals surface area contributed by atoms with Crippen molar-refractivity contribution in [1.29, 1.82) is 0 Å². The van der Waals surface area contributed by atoms with Crippen LogP contribution >= 0.6 is 11.8 Å². The van der Waals surface area contributed by atoms with E-state index in [1.165, 1.54) is 5.56 Å². The van der Waals surface area contributed by atoms with Crippen LogP contribution in [-0.2, 0) is 15.0 Å². The highest BCUT2D eigenvalue weighted by Gasteiger charge is 2.40. The summed E-state index contributed by atoms with van der Waals surface area (Å²) < 4.78 is 7.27. The molecular formula is C32H40N4O3S. The highest BCUT2D eigenvalue weighted by molar-refractivity contribution is 8.00. The Hall–Kier alpha value is -3.26. The molecule has 2 aromatic carbocycles. The minimum absolute atomic E-state index is 0.00669. The quantitative estimate of drug-likeness (QED) is 0.388. The lowest BCUT2D eigenvalue weighted by atomic mass is 9.87. The monoisotopic (exact) mass is 560 g/mol. The predicted molar refractivity (Wildman–Crippen MR) is 162 cm³/mol. The van der Waals surface area contributed by atoms with Crippen LogP contribution in [0.3, 0.4) is 0 Å². The zero-order valence-corrected chi connectivity index (χ0v) is 25.3. The van der Waals surface area contributed by atoms with Gasteiger partial charge in [0, 0.05) is 24.1 Å². The lowest BCUT2D eigenvalue weighted by Gasteiger charge is -2.32. The number of rotatable bonds is 5. The average Bonchev–Trinajstić information content (AvgIpc) is 3.26. The molecule has 0 radical (unpaired) electrons. The largest absolute Gasteiger partial charge is 0.497 e. The number of methoxy groups -OCH3 is 1. The summed E-state index contributed by atoms with van der Waals surface area (Å²) in [5, 5.41) is 5.09. The number of thioether (sulfide) groups is 1. The Labute approximate surface area is 241 Å². The van der Waals surface area contributed by atoms with Gasteiger partial charge in [0.2, 0.25) is 11.8 Å². The third-order valence-electron chi connectivity index (χ3n) is 7.89. The zero-order chi connectivity index (χ0) is 28.6. The van der Waals surface area contributed by atoms with Crippen LogP contribution in [0.5, 0.6) is 5.75 Å². The van der Waals surface area contributed by atoms with Crippen LogP contribution < -0.4 is 9.64 Å². The van der Waals surface area contributed by atoms with Crippen molar-refractivity contribution in [3.8, 4) is 11.4 Å². The maximum absolute atomic E-state index is 13.9. The first-order valence-electron chi connectivity index (χ1n) is 14.1. The van der Waals surface area contributed by atoms with E-state index < -0.39 is 0 Å². The van der Waals surface area contributed by atoms with Crippen molar-refractivity contribution in [3.05, 3.63) is 70.9 Å². The fourth-order valence-corrected chi connectivity index (χ4v) is 6.75. The van der Waals surface area contributed by atoms with Crippen LogP contribution in [0.25, 0.3) is 5.69 Å². The van der Waals surface area contributed by atoms with Gasteiger partial charge in [-0.2, -0.15) is 5.10 Å². The number of aryl methyl sites for hydroxylation is 1. The Morgan fingerprint density at radius 3 is 2.42 bits per heavy atom. The number of anilines is 1. The first-order chi connectivity index (χ1) is 19.1. The third kappa shape index (κ3) is 5.64. The summed E-state index contributed by atoms with van der Waals surface area (Å²) in [7, 11) is 1.64. The number of piperidine rings is 1. The number of nitrogens with zero attached hydrogens (tertiary/aromatic N) is 4. The van der Waals surface area contributed by atoms with E-state index in [4.69, 9.17) is 9.84 Å². The van der Waals surface area contributed by atoms with E-state index in [0.717, 1.165) is 54.2 Å². The molecule has 0 spiro atoms. The van der Waals surface area contributed by atoms with E-state index in [2.05, 4.69) is 58.9 Å². The first-order valence-corrected chi connectivity index (χ1v) is 15.2. The van der Waals surface area contributed by atoms with Crippen molar-refractivity contribution in [2.45, 2.75) is 58.1 Å². The molecule has 7 nitrogen and oxygen atoms in total. The van der Waals surface area contributed by atoms with Crippen LogP contribution in [0.4, 0.5) is 5.82 Å². The average molecular weight is 561 g/mol. The van der Waals surface area contributed by atoms with Gasteiger partial charge in [-0.25, -0.2) is 4.68 Å². The lowest BCUT2D eigenvalue weighted by molar-refractivity contribution is -0.132. The fourth-order valence-electron chi connectivity index (χ4n) is 5.57. The van der Waals surface area contributed by atoms with Gasteiger partial charge in [-0.05, 0) is 55.5 Å². The van der Waals surface area contributed by atoms with Gasteiger partial charge in [-0.1, -0.05) is 57.5 Å². The molecular weight excluding hydrogens is 520 g/mol. The molecule has 1 fully saturated rings.